The number of nitrogens with zero attached hydrogens (tertiary/aromatic N) is 1. The van der Waals surface area contributed by atoms with Crippen molar-refractivity contribution in [3.63, 3.8) is 0 Å². The van der Waals surface area contributed by atoms with Crippen LogP contribution in [0.4, 0.5) is 21.5 Å². The summed E-state index contributed by atoms with van der Waals surface area (Å²) in [6.07, 6.45) is 0. The van der Waals surface area contributed by atoms with Crippen molar-refractivity contribution in [3.8, 4) is 6.07 Å². The molecule has 0 amide bonds. The molecule has 0 radical (unpaired) electrons. The molecule has 0 bridgehead atoms. The Morgan fingerprint density at radius 1 is 1.17 bits per heavy atom. The summed E-state index contributed by atoms with van der Waals surface area (Å²) in [5.41, 5.74) is 7.23. The van der Waals surface area contributed by atoms with Crippen molar-refractivity contribution in [2.75, 3.05) is 11.1 Å². The maximum absolute atomic E-state index is 13.7. The lowest BCUT2D eigenvalue weighted by Gasteiger charge is -2.10. The number of hydrogen-bond acceptors (Lipinski definition) is 3. The first-order valence-corrected chi connectivity index (χ1v) is 5.49. The topological polar surface area (TPSA) is 61.8 Å². The molecule has 0 fully saturated rings. The van der Waals surface area contributed by atoms with E-state index >= 15 is 0 Å². The molecule has 2 aromatic rings. The summed E-state index contributed by atoms with van der Waals surface area (Å²) in [6.45, 7) is 0. The number of halogens is 2. The van der Waals surface area contributed by atoms with Gasteiger partial charge < -0.3 is 11.1 Å². The van der Waals surface area contributed by atoms with Crippen molar-refractivity contribution in [2.45, 2.75) is 0 Å². The Balaban J connectivity index is 2.34. The normalized spacial score (nSPS) is 9.83. The van der Waals surface area contributed by atoms with Gasteiger partial charge in [-0.05, 0) is 36.4 Å². The summed E-state index contributed by atoms with van der Waals surface area (Å²) in [6, 6.07) is 10.9. The minimum atomic E-state index is -0.520. The average molecular weight is 262 g/mol. The number of anilines is 3. The minimum absolute atomic E-state index is 0.239. The Kier molecular flexibility index (Phi) is 3.35. The van der Waals surface area contributed by atoms with Gasteiger partial charge in [-0.15, -0.1) is 0 Å². The fraction of sp³-hybridized carbons (Fsp3) is 0. The second-order valence-electron chi connectivity index (χ2n) is 3.66. The van der Waals surface area contributed by atoms with Gasteiger partial charge in [-0.1, -0.05) is 11.6 Å². The highest BCUT2D eigenvalue weighted by Gasteiger charge is 2.06. The van der Waals surface area contributed by atoms with E-state index in [9.17, 15) is 4.39 Å². The van der Waals surface area contributed by atoms with Gasteiger partial charge in [0.25, 0.3) is 0 Å². The molecule has 0 unspecified atom stereocenters. The number of nitrogen functional groups attached to an aromatic ring is 1. The quantitative estimate of drug-likeness (QED) is 0.811. The van der Waals surface area contributed by atoms with Crippen molar-refractivity contribution >= 4 is 28.7 Å². The van der Waals surface area contributed by atoms with Crippen LogP contribution in [0.15, 0.2) is 36.4 Å². The van der Waals surface area contributed by atoms with E-state index in [1.165, 1.54) is 12.1 Å². The van der Waals surface area contributed by atoms with Gasteiger partial charge in [-0.3, -0.25) is 0 Å². The van der Waals surface area contributed by atoms with Crippen LogP contribution in [-0.4, -0.2) is 0 Å². The average Bonchev–Trinajstić information content (AvgIpc) is 2.36. The van der Waals surface area contributed by atoms with E-state index in [0.29, 0.717) is 16.4 Å². The summed E-state index contributed by atoms with van der Waals surface area (Å²) in [4.78, 5) is 0. The molecule has 0 aliphatic rings. The first kappa shape index (κ1) is 12.2. The summed E-state index contributed by atoms with van der Waals surface area (Å²) < 4.78 is 13.7. The molecule has 3 N–H and O–H groups in total. The maximum Gasteiger partial charge on any atom is 0.147 e. The smallest absolute Gasteiger partial charge is 0.147 e. The van der Waals surface area contributed by atoms with Crippen molar-refractivity contribution in [2.24, 2.45) is 0 Å². The van der Waals surface area contributed by atoms with Crippen LogP contribution in [0.2, 0.25) is 5.02 Å². The predicted molar refractivity (Wildman–Crippen MR) is 70.3 cm³/mol. The second-order valence-corrected chi connectivity index (χ2v) is 4.10. The summed E-state index contributed by atoms with van der Waals surface area (Å²) in [5, 5.41) is 12.0. The fourth-order valence-electron chi connectivity index (χ4n) is 1.47. The van der Waals surface area contributed by atoms with E-state index in [-0.39, 0.29) is 11.3 Å². The van der Waals surface area contributed by atoms with Gasteiger partial charge in [0.1, 0.15) is 5.82 Å². The number of nitriles is 1. The van der Waals surface area contributed by atoms with Crippen LogP contribution in [0.1, 0.15) is 5.56 Å². The number of hydrogen-bond donors (Lipinski definition) is 2. The van der Waals surface area contributed by atoms with Crippen molar-refractivity contribution in [3.05, 3.63) is 52.8 Å². The van der Waals surface area contributed by atoms with Gasteiger partial charge in [-0.25, -0.2) is 4.39 Å². The highest BCUT2D eigenvalue weighted by Crippen LogP contribution is 2.27. The van der Waals surface area contributed by atoms with Gasteiger partial charge >= 0.3 is 0 Å². The third kappa shape index (κ3) is 2.53. The van der Waals surface area contributed by atoms with Gasteiger partial charge in [0.15, 0.2) is 0 Å². The lowest BCUT2D eigenvalue weighted by atomic mass is 10.2. The molecule has 0 aromatic heterocycles. The zero-order valence-electron chi connectivity index (χ0n) is 9.24. The van der Waals surface area contributed by atoms with E-state index in [1.54, 1.807) is 18.2 Å². The van der Waals surface area contributed by atoms with Crippen molar-refractivity contribution in [1.82, 2.24) is 0 Å². The monoisotopic (exact) mass is 261 g/mol. The first-order valence-electron chi connectivity index (χ1n) is 5.12. The van der Waals surface area contributed by atoms with Crippen molar-refractivity contribution in [1.29, 1.82) is 5.26 Å². The van der Waals surface area contributed by atoms with E-state index in [0.717, 1.165) is 6.07 Å². The molecule has 2 rings (SSSR count). The van der Waals surface area contributed by atoms with E-state index in [4.69, 9.17) is 22.6 Å². The van der Waals surface area contributed by atoms with Crippen LogP contribution in [0.5, 0.6) is 0 Å². The standard InChI is InChI=1S/C13H9ClFN3/c14-9-2-3-11(17)13(6-9)18-12-4-1-8(7-16)5-10(12)15/h1-6,18H,17H2. The molecule has 0 spiro atoms. The Labute approximate surface area is 109 Å². The van der Waals surface area contributed by atoms with E-state index in [2.05, 4.69) is 5.32 Å². The second kappa shape index (κ2) is 4.94. The molecular formula is C13H9ClFN3. The Morgan fingerprint density at radius 2 is 1.94 bits per heavy atom. The summed E-state index contributed by atoms with van der Waals surface area (Å²) >= 11 is 5.84. The molecule has 0 aliphatic carbocycles. The van der Waals surface area contributed by atoms with Gasteiger partial charge in [0, 0.05) is 5.02 Å². The molecule has 2 aromatic carbocycles. The van der Waals surface area contributed by atoms with Crippen molar-refractivity contribution < 1.29 is 4.39 Å². The third-order valence-electron chi connectivity index (χ3n) is 2.38. The predicted octanol–water partition coefficient (Wildman–Crippen LogP) is 3.68. The molecule has 18 heavy (non-hydrogen) atoms. The highest BCUT2D eigenvalue weighted by atomic mass is 35.5. The third-order valence-corrected chi connectivity index (χ3v) is 2.62. The molecule has 0 atom stereocenters. The van der Waals surface area contributed by atoms with Crippen LogP contribution in [-0.2, 0) is 0 Å². The Morgan fingerprint density at radius 3 is 2.61 bits per heavy atom. The SMILES string of the molecule is N#Cc1ccc(Nc2cc(Cl)ccc2N)c(F)c1. The summed E-state index contributed by atoms with van der Waals surface area (Å²) in [5.74, 6) is -0.520. The van der Waals surface area contributed by atoms with E-state index < -0.39 is 5.82 Å². The molecule has 0 saturated carbocycles. The lowest BCUT2D eigenvalue weighted by Crippen LogP contribution is -1.98. The number of nitrogens with two attached hydrogens (primary N) is 1. The van der Waals surface area contributed by atoms with Crippen LogP contribution in [0.25, 0.3) is 0 Å². The molecule has 5 heteroatoms. The number of nitrogens with one attached hydrogen (secondary N) is 1. The van der Waals surface area contributed by atoms with Gasteiger partial charge in [0.05, 0.1) is 28.7 Å². The number of benzene rings is 2. The molecule has 0 saturated heterocycles. The highest BCUT2D eigenvalue weighted by molar-refractivity contribution is 6.31. The largest absolute Gasteiger partial charge is 0.397 e. The van der Waals surface area contributed by atoms with Crippen LogP contribution in [0.3, 0.4) is 0 Å². The van der Waals surface area contributed by atoms with Crippen LogP contribution in [0, 0.1) is 17.1 Å². The van der Waals surface area contributed by atoms with Gasteiger partial charge in [-0.2, -0.15) is 5.26 Å². The lowest BCUT2D eigenvalue weighted by molar-refractivity contribution is 0.631. The maximum atomic E-state index is 13.7. The molecular weight excluding hydrogens is 253 g/mol. The Hall–Kier alpha value is -2.25. The molecule has 3 nitrogen and oxygen atoms in total. The summed E-state index contributed by atoms with van der Waals surface area (Å²) in [7, 11) is 0. The van der Waals surface area contributed by atoms with Gasteiger partial charge in [0.2, 0.25) is 0 Å². The molecule has 0 heterocycles. The van der Waals surface area contributed by atoms with Crippen LogP contribution >= 0.6 is 11.6 Å². The van der Waals surface area contributed by atoms with E-state index in [1.807, 2.05) is 6.07 Å². The zero-order valence-corrected chi connectivity index (χ0v) is 10.0. The molecule has 90 valence electrons. The fourth-order valence-corrected chi connectivity index (χ4v) is 1.64. The Bertz CT molecular complexity index is 635. The van der Waals surface area contributed by atoms with Crippen LogP contribution < -0.4 is 11.1 Å². The minimum Gasteiger partial charge on any atom is -0.397 e. The first-order chi connectivity index (χ1) is 8.60. The zero-order chi connectivity index (χ0) is 13.1. The molecule has 0 aliphatic heterocycles. The number of rotatable bonds is 2.